The molecule has 0 amide bonds. The van der Waals surface area contributed by atoms with Crippen molar-refractivity contribution < 1.29 is 4.74 Å². The molecule has 1 aliphatic rings. The smallest absolute Gasteiger partial charge is 0.123 e. The van der Waals surface area contributed by atoms with E-state index in [-0.39, 0.29) is 13.0 Å². The fourth-order valence-electron chi connectivity index (χ4n) is 1.93. The van der Waals surface area contributed by atoms with Crippen molar-refractivity contribution >= 4 is 0 Å². The fourth-order valence-corrected chi connectivity index (χ4v) is 1.93. The van der Waals surface area contributed by atoms with E-state index in [1.807, 2.05) is 20.8 Å². The van der Waals surface area contributed by atoms with Crippen molar-refractivity contribution in [1.82, 2.24) is 0 Å². The highest BCUT2D eigenvalue weighted by atomic mass is 16.5. The summed E-state index contributed by atoms with van der Waals surface area (Å²) in [5.41, 5.74) is 7.53. The van der Waals surface area contributed by atoms with Gasteiger partial charge < -0.3 is 10.5 Å². The molecule has 0 saturated heterocycles. The van der Waals surface area contributed by atoms with E-state index in [1.54, 1.807) is 0 Å². The van der Waals surface area contributed by atoms with Crippen LogP contribution in [-0.2, 0) is 6.42 Å². The Hall–Kier alpha value is -1.02. The normalized spacial score (nSPS) is 18.6. The number of nitrogens with two attached hydrogens (primary N) is 1. The van der Waals surface area contributed by atoms with Gasteiger partial charge in [-0.15, -0.1) is 0 Å². The molecule has 0 aromatic heterocycles. The first kappa shape index (κ1) is 21.3. The van der Waals surface area contributed by atoms with Crippen LogP contribution in [0.2, 0.25) is 0 Å². The van der Waals surface area contributed by atoms with Gasteiger partial charge in [-0.2, -0.15) is 0 Å². The van der Waals surface area contributed by atoms with Crippen LogP contribution in [0.3, 0.4) is 0 Å². The van der Waals surface area contributed by atoms with E-state index in [0.717, 1.165) is 18.7 Å². The first-order valence-electron chi connectivity index (χ1n) is 7.41. The molecule has 20 heavy (non-hydrogen) atoms. The average molecular weight is 281 g/mol. The summed E-state index contributed by atoms with van der Waals surface area (Å²) in [5.74, 6) is 1.63. The van der Waals surface area contributed by atoms with Gasteiger partial charge in [-0.25, -0.2) is 0 Å². The predicted octanol–water partition coefficient (Wildman–Crippen LogP) is 4.97. The molecule has 0 radical (unpaired) electrons. The van der Waals surface area contributed by atoms with Crippen LogP contribution in [0, 0.1) is 12.8 Å². The molecule has 2 nitrogen and oxygen atoms in total. The summed E-state index contributed by atoms with van der Waals surface area (Å²) in [6, 6.07) is 6.45. The van der Waals surface area contributed by atoms with Gasteiger partial charge in [0.2, 0.25) is 0 Å². The largest absolute Gasteiger partial charge is 0.487 e. The van der Waals surface area contributed by atoms with E-state index >= 15 is 0 Å². The average Bonchev–Trinajstić information content (AvgIpc) is 2.70. The minimum absolute atomic E-state index is 0. The van der Waals surface area contributed by atoms with Crippen molar-refractivity contribution in [3.63, 3.8) is 0 Å². The Morgan fingerprint density at radius 2 is 1.80 bits per heavy atom. The standard InChI is InChI=1S/C13H18O.C2H7N.C2H6.CH4/c1-9(2)13(4)8-11-7-10(3)5-6-12(11)14-13;1-2-3;1-2;/h5-7,9H,8H2,1-4H3;2-3H2,1H3;1-2H3;1H4. The maximum Gasteiger partial charge on any atom is 0.123 e. The molecule has 0 aliphatic carbocycles. The van der Waals surface area contributed by atoms with Crippen molar-refractivity contribution in [2.45, 2.75) is 67.9 Å². The molecule has 0 spiro atoms. The lowest BCUT2D eigenvalue weighted by molar-refractivity contribution is 0.0647. The summed E-state index contributed by atoms with van der Waals surface area (Å²) in [6.45, 7) is 15.4. The molecule has 0 fully saturated rings. The summed E-state index contributed by atoms with van der Waals surface area (Å²) in [6.07, 6.45) is 1.04. The van der Waals surface area contributed by atoms with Crippen molar-refractivity contribution in [3.8, 4) is 5.75 Å². The minimum Gasteiger partial charge on any atom is -0.487 e. The Kier molecular flexibility index (Phi) is 10.4. The second-order valence-corrected chi connectivity index (χ2v) is 5.27. The lowest BCUT2D eigenvalue weighted by Gasteiger charge is -2.28. The molecule has 1 heterocycles. The topological polar surface area (TPSA) is 35.2 Å². The molecule has 2 rings (SSSR count). The van der Waals surface area contributed by atoms with E-state index in [4.69, 9.17) is 10.5 Å². The molecule has 0 bridgehead atoms. The van der Waals surface area contributed by atoms with Crippen LogP contribution in [-0.4, -0.2) is 12.1 Å². The molecule has 1 aromatic carbocycles. The zero-order valence-electron chi connectivity index (χ0n) is 13.7. The molecule has 1 aromatic rings. The highest BCUT2D eigenvalue weighted by Crippen LogP contribution is 2.39. The van der Waals surface area contributed by atoms with Gasteiger partial charge in [0.05, 0.1) is 0 Å². The molecule has 0 saturated carbocycles. The molecule has 1 aliphatic heterocycles. The second-order valence-electron chi connectivity index (χ2n) is 5.27. The Morgan fingerprint density at radius 3 is 2.25 bits per heavy atom. The maximum absolute atomic E-state index is 6.01. The van der Waals surface area contributed by atoms with Crippen molar-refractivity contribution in [2.75, 3.05) is 6.54 Å². The van der Waals surface area contributed by atoms with Gasteiger partial charge in [-0.1, -0.05) is 59.7 Å². The highest BCUT2D eigenvalue weighted by Gasteiger charge is 2.37. The zero-order chi connectivity index (χ0) is 15.1. The Labute approximate surface area is 126 Å². The van der Waals surface area contributed by atoms with E-state index in [9.17, 15) is 0 Å². The third kappa shape index (κ3) is 5.54. The number of hydrogen-bond donors (Lipinski definition) is 1. The molecule has 118 valence electrons. The Balaban J connectivity index is 0. The highest BCUT2D eigenvalue weighted by molar-refractivity contribution is 5.41. The van der Waals surface area contributed by atoms with Crippen LogP contribution in [0.1, 0.15) is 60.1 Å². The van der Waals surface area contributed by atoms with Gasteiger partial charge in [-0.3, -0.25) is 0 Å². The quantitative estimate of drug-likeness (QED) is 0.788. The van der Waals surface area contributed by atoms with Crippen LogP contribution >= 0.6 is 0 Å². The van der Waals surface area contributed by atoms with Crippen molar-refractivity contribution in [2.24, 2.45) is 11.7 Å². The van der Waals surface area contributed by atoms with Gasteiger partial charge in [-0.05, 0) is 37.9 Å². The SMILES string of the molecule is C.CC.CCN.Cc1ccc2c(c1)CC(C)(C(C)C)O2. The zero-order valence-corrected chi connectivity index (χ0v) is 13.7. The van der Waals surface area contributed by atoms with Crippen LogP contribution in [0.4, 0.5) is 0 Å². The fraction of sp³-hybridized carbons (Fsp3) is 0.667. The molecule has 2 N–H and O–H groups in total. The van der Waals surface area contributed by atoms with Crippen molar-refractivity contribution in [1.29, 1.82) is 0 Å². The van der Waals surface area contributed by atoms with E-state index < -0.39 is 0 Å². The molecular weight excluding hydrogens is 246 g/mol. The molecule has 1 atom stereocenters. The predicted molar refractivity (Wildman–Crippen MR) is 91.6 cm³/mol. The number of ether oxygens (including phenoxy) is 1. The Bertz CT molecular complexity index is 374. The third-order valence-corrected chi connectivity index (χ3v) is 3.32. The van der Waals surface area contributed by atoms with E-state index in [1.165, 1.54) is 11.1 Å². The lowest BCUT2D eigenvalue weighted by Crippen LogP contribution is -2.36. The maximum atomic E-state index is 6.01. The summed E-state index contributed by atoms with van der Waals surface area (Å²) >= 11 is 0. The van der Waals surface area contributed by atoms with Crippen molar-refractivity contribution in [3.05, 3.63) is 29.3 Å². The van der Waals surface area contributed by atoms with Gasteiger partial charge in [0, 0.05) is 6.42 Å². The van der Waals surface area contributed by atoms with E-state index in [2.05, 4.69) is 45.9 Å². The van der Waals surface area contributed by atoms with Gasteiger partial charge in [0.15, 0.2) is 0 Å². The van der Waals surface area contributed by atoms with Gasteiger partial charge in [0.1, 0.15) is 11.4 Å². The number of fused-ring (bicyclic) bond motifs is 1. The number of rotatable bonds is 1. The first-order valence-corrected chi connectivity index (χ1v) is 7.41. The summed E-state index contributed by atoms with van der Waals surface area (Å²) in [7, 11) is 0. The van der Waals surface area contributed by atoms with Crippen LogP contribution in [0.5, 0.6) is 5.75 Å². The molecular formula is C18H35NO. The monoisotopic (exact) mass is 281 g/mol. The van der Waals surface area contributed by atoms with Gasteiger partial charge in [0.25, 0.3) is 0 Å². The minimum atomic E-state index is -0.00384. The number of hydrogen-bond acceptors (Lipinski definition) is 2. The third-order valence-electron chi connectivity index (χ3n) is 3.32. The number of aryl methyl sites for hydroxylation is 1. The summed E-state index contributed by atoms with van der Waals surface area (Å²) < 4.78 is 6.01. The molecule has 2 heteroatoms. The molecule has 1 unspecified atom stereocenters. The number of benzene rings is 1. The van der Waals surface area contributed by atoms with E-state index in [0.29, 0.717) is 5.92 Å². The summed E-state index contributed by atoms with van der Waals surface area (Å²) in [5, 5.41) is 0. The van der Waals surface area contributed by atoms with Gasteiger partial charge >= 0.3 is 0 Å². The van der Waals surface area contributed by atoms with Crippen LogP contribution < -0.4 is 10.5 Å². The Morgan fingerprint density at radius 1 is 1.30 bits per heavy atom. The second kappa shape index (κ2) is 9.82. The van der Waals surface area contributed by atoms with Crippen LogP contribution in [0.25, 0.3) is 0 Å². The lowest BCUT2D eigenvalue weighted by atomic mass is 9.88. The van der Waals surface area contributed by atoms with Crippen LogP contribution in [0.15, 0.2) is 18.2 Å². The first-order chi connectivity index (χ1) is 8.92. The summed E-state index contributed by atoms with van der Waals surface area (Å²) in [4.78, 5) is 0.